The predicted molar refractivity (Wildman–Crippen MR) is 179 cm³/mol. The van der Waals surface area contributed by atoms with Crippen molar-refractivity contribution in [2.45, 2.75) is 69.0 Å². The number of nitrogens with zero attached hydrogens (tertiary/aromatic N) is 2. The van der Waals surface area contributed by atoms with Crippen LogP contribution in [0.5, 0.6) is 5.75 Å². The molecule has 2 aliphatic carbocycles. The first-order chi connectivity index (χ1) is 21.3. The third-order valence-electron chi connectivity index (χ3n) is 10.6. The Morgan fingerprint density at radius 3 is 2.86 bits per heavy atom. The number of carbonyl (C=O) groups is 1. The number of allylic oxidation sites excluding steroid dienone is 2. The number of fused-ring (bicyclic) bond motifs is 4. The number of nitrogens with one attached hydrogen (secondary N) is 1. The number of ether oxygens (including phenoxy) is 1. The topological polar surface area (TPSA) is 71.5 Å². The Bertz CT molecular complexity index is 1590. The molecule has 4 aliphatic rings. The van der Waals surface area contributed by atoms with Crippen molar-refractivity contribution in [3.8, 4) is 5.75 Å². The van der Waals surface area contributed by atoms with Crippen molar-refractivity contribution in [2.24, 2.45) is 17.8 Å². The first kappa shape index (κ1) is 30.0. The zero-order chi connectivity index (χ0) is 30.4. The molecule has 1 N–H and O–H groups in total. The number of carbonyl (C=O) groups excluding carboxylic acids is 1. The Balaban J connectivity index is 1.31. The fourth-order valence-electron chi connectivity index (χ4n) is 7.73. The molecule has 1 fully saturated rings. The molecule has 0 radical (unpaired) electrons. The van der Waals surface area contributed by atoms with Gasteiger partial charge in [-0.25, -0.2) is 9.19 Å². The maximum absolute atomic E-state index is 13.4. The SMILES string of the molecule is CC1C/C=C/C(c2nccs2)C2CCC2CN2C[C@@]3(CCCc4cc(Cl)ccc43)COc3ccc(cc32)C(=O)NS(=O)C1C. The summed E-state index contributed by atoms with van der Waals surface area (Å²) >= 11 is 8.19. The van der Waals surface area contributed by atoms with Crippen LogP contribution in [0.4, 0.5) is 5.69 Å². The largest absolute Gasteiger partial charge is 0.490 e. The average Bonchev–Trinajstić information content (AvgIpc) is 3.50. The van der Waals surface area contributed by atoms with Crippen LogP contribution in [0.25, 0.3) is 0 Å². The minimum atomic E-state index is -1.51. The van der Waals surface area contributed by atoms with E-state index in [9.17, 15) is 9.00 Å². The lowest BCUT2D eigenvalue weighted by molar-refractivity contribution is 0.0982. The van der Waals surface area contributed by atoms with Gasteiger partial charge in [-0.05, 0) is 105 Å². The van der Waals surface area contributed by atoms with Crippen molar-refractivity contribution < 1.29 is 13.7 Å². The lowest BCUT2D eigenvalue weighted by Crippen LogP contribution is -2.49. The Hall–Kier alpha value is -2.68. The highest BCUT2D eigenvalue weighted by Gasteiger charge is 2.44. The summed E-state index contributed by atoms with van der Waals surface area (Å²) < 4.78 is 22.7. The molecule has 1 spiro atoms. The van der Waals surface area contributed by atoms with Crippen LogP contribution in [-0.4, -0.2) is 40.0 Å². The molecule has 6 unspecified atom stereocenters. The standard InChI is InChI=1S/C35H40ClN3O3S2/c1-22-5-3-7-29(34-37-15-16-43-34)28-11-8-26(28)19-39-20-35(14-4-6-24-17-27(36)10-12-30(24)35)21-42-32-13-9-25(18-31(32)39)33(40)38-44(41)23(22)2/h3,7,9-10,12-13,15-18,22-23,26,28-29H,4-6,8,11,14,19-21H2,1-2H3,(H,38,40)/b7-3+/t22?,23?,26?,28?,29?,35-,44?/m0/s1. The van der Waals surface area contributed by atoms with Crippen LogP contribution in [-0.2, 0) is 22.8 Å². The molecule has 44 heavy (non-hydrogen) atoms. The second kappa shape index (κ2) is 12.3. The average molecular weight is 650 g/mol. The molecule has 2 aromatic carbocycles. The minimum absolute atomic E-state index is 0.148. The molecular formula is C35H40ClN3O3S2. The number of anilines is 1. The maximum Gasteiger partial charge on any atom is 0.263 e. The van der Waals surface area contributed by atoms with Crippen LogP contribution < -0.4 is 14.4 Å². The van der Waals surface area contributed by atoms with Gasteiger partial charge in [0.2, 0.25) is 0 Å². The quantitative estimate of drug-likeness (QED) is 0.277. The van der Waals surface area contributed by atoms with Crippen molar-refractivity contribution in [1.29, 1.82) is 0 Å². The van der Waals surface area contributed by atoms with Crippen molar-refractivity contribution in [1.82, 2.24) is 9.71 Å². The van der Waals surface area contributed by atoms with Crippen molar-refractivity contribution in [3.05, 3.63) is 86.8 Å². The number of hydrogen-bond donors (Lipinski definition) is 1. The van der Waals surface area contributed by atoms with Gasteiger partial charge in [-0.15, -0.1) is 11.3 Å². The van der Waals surface area contributed by atoms with E-state index in [1.165, 1.54) is 29.0 Å². The summed E-state index contributed by atoms with van der Waals surface area (Å²) in [6.45, 7) is 6.33. The molecule has 2 bridgehead atoms. The van der Waals surface area contributed by atoms with E-state index in [0.29, 0.717) is 24.0 Å². The van der Waals surface area contributed by atoms with Crippen molar-refractivity contribution in [2.75, 3.05) is 24.6 Å². The molecule has 6 nitrogen and oxygen atoms in total. The number of hydrogen-bond acceptors (Lipinski definition) is 6. The number of halogens is 1. The van der Waals surface area contributed by atoms with Crippen molar-refractivity contribution in [3.63, 3.8) is 0 Å². The highest BCUT2D eigenvalue weighted by Crippen LogP contribution is 2.49. The summed E-state index contributed by atoms with van der Waals surface area (Å²) in [4.78, 5) is 20.7. The summed E-state index contributed by atoms with van der Waals surface area (Å²) in [5.41, 5.74) is 3.92. The maximum atomic E-state index is 13.4. The highest BCUT2D eigenvalue weighted by atomic mass is 35.5. The van der Waals surface area contributed by atoms with E-state index in [1.54, 1.807) is 17.4 Å². The summed E-state index contributed by atoms with van der Waals surface area (Å²) in [7, 11) is -1.51. The minimum Gasteiger partial charge on any atom is -0.490 e. The van der Waals surface area contributed by atoms with Gasteiger partial charge in [0.25, 0.3) is 5.91 Å². The van der Waals surface area contributed by atoms with E-state index in [0.717, 1.165) is 55.2 Å². The fourth-order valence-corrected chi connectivity index (χ4v) is 9.73. The zero-order valence-corrected chi connectivity index (χ0v) is 27.7. The molecule has 1 saturated carbocycles. The van der Waals surface area contributed by atoms with Gasteiger partial charge in [0, 0.05) is 46.6 Å². The Labute approximate surface area is 271 Å². The molecular weight excluding hydrogens is 610 g/mol. The van der Waals surface area contributed by atoms with Gasteiger partial charge in [0.1, 0.15) is 16.7 Å². The number of aromatic nitrogens is 1. The molecule has 9 heteroatoms. The molecule has 7 rings (SSSR count). The van der Waals surface area contributed by atoms with Gasteiger partial charge in [0.05, 0.1) is 22.6 Å². The normalized spacial score (nSPS) is 32.8. The molecule has 7 atom stereocenters. The predicted octanol–water partition coefficient (Wildman–Crippen LogP) is 7.46. The molecule has 3 aromatic rings. The van der Waals surface area contributed by atoms with Crippen LogP contribution in [0, 0.1) is 17.8 Å². The molecule has 2 aliphatic heterocycles. The Morgan fingerprint density at radius 1 is 1.18 bits per heavy atom. The highest BCUT2D eigenvalue weighted by molar-refractivity contribution is 7.84. The smallest absolute Gasteiger partial charge is 0.263 e. The van der Waals surface area contributed by atoms with Crippen LogP contribution >= 0.6 is 22.9 Å². The summed E-state index contributed by atoms with van der Waals surface area (Å²) in [6, 6.07) is 12.0. The van der Waals surface area contributed by atoms with Gasteiger partial charge < -0.3 is 9.64 Å². The Kier molecular flexibility index (Phi) is 8.36. The summed E-state index contributed by atoms with van der Waals surface area (Å²) in [5.74, 6) is 1.87. The first-order valence-electron chi connectivity index (χ1n) is 15.9. The number of aryl methyl sites for hydroxylation is 1. The second-order valence-corrected chi connectivity index (χ2v) is 16.2. The van der Waals surface area contributed by atoms with Gasteiger partial charge in [-0.1, -0.05) is 36.7 Å². The third-order valence-corrected chi connectivity index (χ3v) is 13.3. The van der Waals surface area contributed by atoms with Crippen LogP contribution in [0.2, 0.25) is 5.02 Å². The first-order valence-corrected chi connectivity index (χ1v) is 18.4. The number of thiazole rings is 1. The lowest BCUT2D eigenvalue weighted by atomic mass is 9.66. The van der Waals surface area contributed by atoms with E-state index >= 15 is 0 Å². The summed E-state index contributed by atoms with van der Waals surface area (Å²) in [6.07, 6.45) is 12.8. The molecule has 3 heterocycles. The fraction of sp³-hybridized carbons (Fsp3) is 0.486. The van der Waals surface area contributed by atoms with Gasteiger partial charge in [0.15, 0.2) is 0 Å². The lowest BCUT2D eigenvalue weighted by Gasteiger charge is -2.46. The van der Waals surface area contributed by atoms with Crippen molar-refractivity contribution >= 4 is 45.5 Å². The summed E-state index contributed by atoms with van der Waals surface area (Å²) in [5, 5.41) is 3.84. The second-order valence-electron chi connectivity index (χ2n) is 13.3. The third kappa shape index (κ3) is 5.62. The number of rotatable bonds is 1. The number of amides is 1. The van der Waals surface area contributed by atoms with Crippen LogP contribution in [0.15, 0.2) is 60.1 Å². The van der Waals surface area contributed by atoms with E-state index < -0.39 is 11.0 Å². The number of benzene rings is 2. The van der Waals surface area contributed by atoms with Gasteiger partial charge >= 0.3 is 0 Å². The molecule has 232 valence electrons. The van der Waals surface area contributed by atoms with E-state index in [-0.39, 0.29) is 28.4 Å². The van der Waals surface area contributed by atoms with Gasteiger partial charge in [-0.3, -0.25) is 9.52 Å². The van der Waals surface area contributed by atoms with E-state index in [2.05, 4.69) is 46.2 Å². The van der Waals surface area contributed by atoms with Gasteiger partial charge in [-0.2, -0.15) is 0 Å². The Morgan fingerprint density at radius 2 is 2.07 bits per heavy atom. The van der Waals surface area contributed by atoms with E-state index in [4.69, 9.17) is 21.3 Å². The molecule has 1 amide bonds. The van der Waals surface area contributed by atoms with Crippen LogP contribution in [0.3, 0.4) is 0 Å². The monoisotopic (exact) mass is 649 g/mol. The molecule has 0 saturated heterocycles. The van der Waals surface area contributed by atoms with Crippen LogP contribution in [0.1, 0.15) is 78.4 Å². The van der Waals surface area contributed by atoms with E-state index in [1.807, 2.05) is 31.3 Å². The zero-order valence-electron chi connectivity index (χ0n) is 25.3. The molecule has 1 aromatic heterocycles.